The van der Waals surface area contributed by atoms with Crippen LogP contribution < -0.4 is 5.32 Å². The van der Waals surface area contributed by atoms with Crippen LogP contribution in [0, 0.1) is 5.92 Å². The van der Waals surface area contributed by atoms with Gasteiger partial charge in [0.1, 0.15) is 5.54 Å². The number of carboxylic acid groups (broad SMARTS) is 1. The van der Waals surface area contributed by atoms with Gasteiger partial charge in [0.05, 0.1) is 5.92 Å². The highest BCUT2D eigenvalue weighted by molar-refractivity contribution is 5.87. The van der Waals surface area contributed by atoms with Crippen molar-refractivity contribution in [3.63, 3.8) is 0 Å². The number of carbonyl (C=O) groups is 3. The van der Waals surface area contributed by atoms with Crippen LogP contribution in [0.1, 0.15) is 33.1 Å². The van der Waals surface area contributed by atoms with Crippen LogP contribution in [0.15, 0.2) is 0 Å². The number of urea groups is 1. The van der Waals surface area contributed by atoms with Gasteiger partial charge in [-0.05, 0) is 19.3 Å². The molecule has 2 N–H and O–H groups in total. The molecule has 1 fully saturated rings. The van der Waals surface area contributed by atoms with Crippen molar-refractivity contribution in [3.05, 3.63) is 0 Å². The Bertz CT molecular complexity index is 426. The van der Waals surface area contributed by atoms with Gasteiger partial charge < -0.3 is 20.2 Å². The Labute approximate surface area is 125 Å². The fourth-order valence-corrected chi connectivity index (χ4v) is 2.92. The summed E-state index contributed by atoms with van der Waals surface area (Å²) in [6.07, 6.45) is 1.54. The second kappa shape index (κ2) is 6.78. The van der Waals surface area contributed by atoms with Crippen LogP contribution in [0.3, 0.4) is 0 Å². The lowest BCUT2D eigenvalue weighted by molar-refractivity contribution is -0.148. The number of carbonyl (C=O) groups excluding carboxylic acids is 2. The van der Waals surface area contributed by atoms with Crippen molar-refractivity contribution in [3.8, 4) is 0 Å². The Kier molecular flexibility index (Phi) is 5.57. The molecular weight excluding hydrogens is 274 g/mol. The fourth-order valence-electron chi connectivity index (χ4n) is 2.92. The molecule has 0 bridgehead atoms. The van der Waals surface area contributed by atoms with E-state index < -0.39 is 11.5 Å². The summed E-state index contributed by atoms with van der Waals surface area (Å²) in [6, 6.07) is -0.326. The highest BCUT2D eigenvalue weighted by Crippen LogP contribution is 2.33. The van der Waals surface area contributed by atoms with E-state index in [-0.39, 0.29) is 24.4 Å². The van der Waals surface area contributed by atoms with Gasteiger partial charge in [0.15, 0.2) is 0 Å². The van der Waals surface area contributed by atoms with Crippen LogP contribution in [0.2, 0.25) is 0 Å². The average Bonchev–Trinajstić information content (AvgIpc) is 2.90. The molecule has 2 atom stereocenters. The molecule has 1 aliphatic rings. The number of aliphatic carboxylic acids is 1. The highest BCUT2D eigenvalue weighted by Gasteiger charge is 2.49. The van der Waals surface area contributed by atoms with E-state index in [0.29, 0.717) is 25.8 Å². The van der Waals surface area contributed by atoms with E-state index in [1.165, 1.54) is 9.80 Å². The molecule has 7 heteroatoms. The number of nitrogens with zero attached hydrogens (tertiary/aromatic N) is 2. The Morgan fingerprint density at radius 1 is 1.43 bits per heavy atom. The van der Waals surface area contributed by atoms with Crippen molar-refractivity contribution >= 4 is 17.9 Å². The van der Waals surface area contributed by atoms with Crippen LogP contribution >= 0.6 is 0 Å². The molecule has 0 spiro atoms. The zero-order chi connectivity index (χ0) is 16.2. The molecule has 0 radical (unpaired) electrons. The third-order valence-corrected chi connectivity index (χ3v) is 4.27. The lowest BCUT2D eigenvalue weighted by Gasteiger charge is -2.36. The van der Waals surface area contributed by atoms with Crippen molar-refractivity contribution in [1.29, 1.82) is 0 Å². The Morgan fingerprint density at radius 3 is 2.52 bits per heavy atom. The molecule has 0 saturated carbocycles. The zero-order valence-corrected chi connectivity index (χ0v) is 13.2. The van der Waals surface area contributed by atoms with Gasteiger partial charge in [-0.25, -0.2) is 9.59 Å². The van der Waals surface area contributed by atoms with Gasteiger partial charge >= 0.3 is 12.0 Å². The van der Waals surface area contributed by atoms with Crippen molar-refractivity contribution < 1.29 is 19.5 Å². The van der Waals surface area contributed by atoms with Crippen LogP contribution in [0.5, 0.6) is 0 Å². The number of hydrogen-bond donors (Lipinski definition) is 2. The molecule has 0 aromatic rings. The number of likely N-dealkylation sites (tertiary alicyclic amines) is 1. The molecule has 1 aliphatic heterocycles. The topological polar surface area (TPSA) is 90.0 Å². The zero-order valence-electron chi connectivity index (χ0n) is 13.2. The van der Waals surface area contributed by atoms with E-state index in [1.54, 1.807) is 27.9 Å². The van der Waals surface area contributed by atoms with Gasteiger partial charge in [-0.2, -0.15) is 0 Å². The molecule has 120 valence electrons. The Hall–Kier alpha value is -1.79. The maximum atomic E-state index is 12.5. The second-order valence-electron chi connectivity index (χ2n) is 5.62. The lowest BCUT2D eigenvalue weighted by Crippen LogP contribution is -2.56. The monoisotopic (exact) mass is 299 g/mol. The molecule has 0 aliphatic carbocycles. The molecule has 0 aromatic carbocycles. The van der Waals surface area contributed by atoms with Crippen molar-refractivity contribution in [2.24, 2.45) is 5.92 Å². The predicted octanol–water partition coefficient (Wildman–Crippen LogP) is 0.750. The average molecular weight is 299 g/mol. The van der Waals surface area contributed by atoms with Crippen LogP contribution in [-0.2, 0) is 9.59 Å². The van der Waals surface area contributed by atoms with Crippen molar-refractivity contribution in [2.75, 3.05) is 27.2 Å². The summed E-state index contributed by atoms with van der Waals surface area (Å²) >= 11 is 0. The standard InChI is InChI=1S/C14H25N3O4/c1-5-14(12(19)20)7-6-8-17(14)13(21)16(4)9-10(2)11(18)15-3/h10H,5-9H2,1-4H3,(H,15,18)(H,19,20). The first-order valence-electron chi connectivity index (χ1n) is 7.27. The van der Waals surface area contributed by atoms with Gasteiger partial charge in [-0.1, -0.05) is 13.8 Å². The van der Waals surface area contributed by atoms with E-state index >= 15 is 0 Å². The first-order valence-corrected chi connectivity index (χ1v) is 7.27. The molecular formula is C14H25N3O4. The minimum atomic E-state index is -1.11. The van der Waals surface area contributed by atoms with E-state index in [4.69, 9.17) is 0 Å². The van der Waals surface area contributed by atoms with E-state index in [9.17, 15) is 19.5 Å². The minimum absolute atomic E-state index is 0.143. The summed E-state index contributed by atoms with van der Waals surface area (Å²) in [4.78, 5) is 38.5. The number of hydrogen-bond acceptors (Lipinski definition) is 3. The van der Waals surface area contributed by atoms with E-state index in [2.05, 4.69) is 5.32 Å². The quantitative estimate of drug-likeness (QED) is 0.784. The predicted molar refractivity (Wildman–Crippen MR) is 77.9 cm³/mol. The number of carboxylic acids is 1. The summed E-state index contributed by atoms with van der Waals surface area (Å²) < 4.78 is 0. The molecule has 21 heavy (non-hydrogen) atoms. The molecule has 0 aromatic heterocycles. The smallest absolute Gasteiger partial charge is 0.329 e. The number of amides is 3. The maximum absolute atomic E-state index is 12.5. The molecule has 3 amide bonds. The summed E-state index contributed by atoms with van der Waals surface area (Å²) in [7, 11) is 3.15. The third-order valence-electron chi connectivity index (χ3n) is 4.27. The molecule has 7 nitrogen and oxygen atoms in total. The van der Waals surface area contributed by atoms with Gasteiger partial charge in [0.25, 0.3) is 0 Å². The van der Waals surface area contributed by atoms with Crippen molar-refractivity contribution in [2.45, 2.75) is 38.6 Å². The highest BCUT2D eigenvalue weighted by atomic mass is 16.4. The van der Waals surface area contributed by atoms with Gasteiger partial charge in [0, 0.05) is 27.2 Å². The van der Waals surface area contributed by atoms with Gasteiger partial charge in [0.2, 0.25) is 5.91 Å². The number of nitrogens with one attached hydrogen (secondary N) is 1. The molecule has 1 rings (SSSR count). The van der Waals surface area contributed by atoms with Crippen LogP contribution in [-0.4, -0.2) is 65.5 Å². The SMILES string of the molecule is CCC1(C(=O)O)CCCN1C(=O)N(C)CC(C)C(=O)NC. The largest absolute Gasteiger partial charge is 0.479 e. The summed E-state index contributed by atoms with van der Waals surface area (Å²) in [5, 5.41) is 12.0. The van der Waals surface area contributed by atoms with Gasteiger partial charge in [-0.3, -0.25) is 4.79 Å². The second-order valence-corrected chi connectivity index (χ2v) is 5.62. The maximum Gasteiger partial charge on any atom is 0.329 e. The third kappa shape index (κ3) is 3.28. The summed E-state index contributed by atoms with van der Waals surface area (Å²) in [5.41, 5.74) is -1.11. The van der Waals surface area contributed by atoms with Crippen LogP contribution in [0.4, 0.5) is 4.79 Å². The number of rotatable bonds is 5. The lowest BCUT2D eigenvalue weighted by atomic mass is 9.93. The van der Waals surface area contributed by atoms with E-state index in [1.807, 2.05) is 0 Å². The first-order chi connectivity index (χ1) is 9.80. The molecule has 1 heterocycles. The normalized spacial score (nSPS) is 22.8. The van der Waals surface area contributed by atoms with E-state index in [0.717, 1.165) is 0 Å². The Balaban J connectivity index is 2.82. The summed E-state index contributed by atoms with van der Waals surface area (Å²) in [6.45, 7) is 4.22. The van der Waals surface area contributed by atoms with Crippen molar-refractivity contribution in [1.82, 2.24) is 15.1 Å². The van der Waals surface area contributed by atoms with Gasteiger partial charge in [-0.15, -0.1) is 0 Å². The fraction of sp³-hybridized carbons (Fsp3) is 0.786. The minimum Gasteiger partial charge on any atom is -0.479 e. The first kappa shape index (κ1) is 17.3. The molecule has 2 unspecified atom stereocenters. The molecule has 1 saturated heterocycles. The van der Waals surface area contributed by atoms with Crippen LogP contribution in [0.25, 0.3) is 0 Å². The Morgan fingerprint density at radius 2 is 2.05 bits per heavy atom. The summed E-state index contributed by atoms with van der Waals surface area (Å²) in [5.74, 6) is -1.44.